The van der Waals surface area contributed by atoms with Crippen molar-refractivity contribution in [1.29, 1.82) is 0 Å². The molecule has 2 nitrogen and oxygen atoms in total. The van der Waals surface area contributed by atoms with Crippen LogP contribution in [0.3, 0.4) is 0 Å². The molecule has 0 aromatic rings. The van der Waals surface area contributed by atoms with Gasteiger partial charge in [-0.25, -0.2) is 0 Å². The third-order valence-electron chi connectivity index (χ3n) is 3.19. The first-order valence-electron chi connectivity index (χ1n) is 5.26. The number of allylic oxidation sites excluding steroid dienone is 2. The number of hydrogen-bond donors (Lipinski definition) is 0. The van der Waals surface area contributed by atoms with E-state index in [0.29, 0.717) is 18.4 Å². The van der Waals surface area contributed by atoms with Gasteiger partial charge in [-0.15, -0.1) is 11.6 Å². The lowest BCUT2D eigenvalue weighted by molar-refractivity contribution is -0.141. The Labute approximate surface area is 96.6 Å². The number of hydrogen-bond acceptors (Lipinski definition) is 2. The number of halogens is 1. The summed E-state index contributed by atoms with van der Waals surface area (Å²) in [6.45, 7) is 9.09. The fourth-order valence-corrected chi connectivity index (χ4v) is 2.09. The van der Waals surface area contributed by atoms with Crippen LogP contribution in [0.1, 0.15) is 27.7 Å². The van der Waals surface area contributed by atoms with Crippen LogP contribution in [0, 0.1) is 17.3 Å². The molecule has 1 rings (SSSR count). The molecule has 0 amide bonds. The SMILES string of the molecule is CC(C)=C[C@H]1[C@@H](COC(=O)CCl)C1(C)C. The normalized spacial score (nSPS) is 27.0. The molecule has 1 fully saturated rings. The second kappa shape index (κ2) is 4.56. The Bertz CT molecular complexity index is 277. The number of carbonyl (C=O) groups is 1. The summed E-state index contributed by atoms with van der Waals surface area (Å²) in [5.41, 5.74) is 1.57. The summed E-state index contributed by atoms with van der Waals surface area (Å²) in [6.07, 6.45) is 2.26. The van der Waals surface area contributed by atoms with Crippen molar-refractivity contribution in [3.8, 4) is 0 Å². The van der Waals surface area contributed by atoms with Crippen LogP contribution in [0.4, 0.5) is 0 Å². The van der Waals surface area contributed by atoms with Crippen LogP contribution >= 0.6 is 11.6 Å². The molecule has 0 aromatic heterocycles. The molecular weight excluding hydrogens is 212 g/mol. The molecule has 2 atom stereocenters. The van der Waals surface area contributed by atoms with E-state index >= 15 is 0 Å². The maximum atomic E-state index is 10.9. The van der Waals surface area contributed by atoms with Crippen molar-refractivity contribution in [3.05, 3.63) is 11.6 Å². The maximum Gasteiger partial charge on any atom is 0.320 e. The minimum Gasteiger partial charge on any atom is -0.464 e. The van der Waals surface area contributed by atoms with E-state index in [-0.39, 0.29) is 17.3 Å². The quantitative estimate of drug-likeness (QED) is 0.422. The van der Waals surface area contributed by atoms with Gasteiger partial charge in [-0.3, -0.25) is 4.79 Å². The van der Waals surface area contributed by atoms with Gasteiger partial charge in [0.05, 0.1) is 6.61 Å². The van der Waals surface area contributed by atoms with Gasteiger partial charge >= 0.3 is 5.97 Å². The Hall–Kier alpha value is -0.500. The average Bonchev–Trinajstić information content (AvgIpc) is 2.63. The molecule has 86 valence electrons. The van der Waals surface area contributed by atoms with Gasteiger partial charge in [0, 0.05) is 5.92 Å². The Kier molecular flexibility index (Phi) is 3.82. The highest BCUT2D eigenvalue weighted by atomic mass is 35.5. The summed E-state index contributed by atoms with van der Waals surface area (Å²) in [5, 5.41) is 0. The predicted octanol–water partition coefficient (Wildman–Crippen LogP) is 3.01. The lowest BCUT2D eigenvalue weighted by Gasteiger charge is -2.03. The summed E-state index contributed by atoms with van der Waals surface area (Å²) >= 11 is 5.36. The molecule has 3 heteroatoms. The molecule has 0 saturated heterocycles. The molecule has 1 aliphatic carbocycles. The van der Waals surface area contributed by atoms with Gasteiger partial charge in [-0.1, -0.05) is 25.5 Å². The summed E-state index contributed by atoms with van der Waals surface area (Å²) in [5.74, 6) is 0.598. The highest BCUT2D eigenvalue weighted by Crippen LogP contribution is 2.59. The summed E-state index contributed by atoms with van der Waals surface area (Å²) < 4.78 is 5.06. The fraction of sp³-hybridized carbons (Fsp3) is 0.750. The summed E-state index contributed by atoms with van der Waals surface area (Å²) in [7, 11) is 0. The number of carbonyl (C=O) groups excluding carboxylic acids is 1. The molecule has 0 N–H and O–H groups in total. The van der Waals surface area contributed by atoms with Gasteiger partial charge in [0.2, 0.25) is 0 Å². The first-order valence-corrected chi connectivity index (χ1v) is 5.79. The Morgan fingerprint density at radius 2 is 2.07 bits per heavy atom. The summed E-state index contributed by atoms with van der Waals surface area (Å²) in [6, 6.07) is 0. The van der Waals surface area contributed by atoms with Crippen molar-refractivity contribution in [2.45, 2.75) is 27.7 Å². The van der Waals surface area contributed by atoms with Crippen LogP contribution in [-0.4, -0.2) is 18.5 Å². The highest BCUT2D eigenvalue weighted by molar-refractivity contribution is 6.26. The van der Waals surface area contributed by atoms with Crippen molar-refractivity contribution in [2.75, 3.05) is 12.5 Å². The molecule has 1 saturated carbocycles. The van der Waals surface area contributed by atoms with Crippen molar-refractivity contribution in [3.63, 3.8) is 0 Å². The topological polar surface area (TPSA) is 26.3 Å². The van der Waals surface area contributed by atoms with Gasteiger partial charge in [0.25, 0.3) is 0 Å². The molecule has 0 radical (unpaired) electrons. The van der Waals surface area contributed by atoms with Crippen LogP contribution in [0.2, 0.25) is 0 Å². The molecule has 0 spiro atoms. The van der Waals surface area contributed by atoms with E-state index in [1.165, 1.54) is 5.57 Å². The van der Waals surface area contributed by atoms with E-state index in [2.05, 4.69) is 33.8 Å². The van der Waals surface area contributed by atoms with Crippen LogP contribution in [0.15, 0.2) is 11.6 Å². The lowest BCUT2D eigenvalue weighted by atomic mass is 10.1. The fourth-order valence-electron chi connectivity index (χ4n) is 2.02. The van der Waals surface area contributed by atoms with Crippen LogP contribution in [0.5, 0.6) is 0 Å². The zero-order valence-corrected chi connectivity index (χ0v) is 10.6. The number of ether oxygens (including phenoxy) is 1. The minimum atomic E-state index is -0.324. The summed E-state index contributed by atoms with van der Waals surface area (Å²) in [4.78, 5) is 10.9. The lowest BCUT2D eigenvalue weighted by Crippen LogP contribution is -2.10. The number of alkyl halides is 1. The van der Waals surface area contributed by atoms with Crippen molar-refractivity contribution >= 4 is 17.6 Å². The second-order valence-electron chi connectivity index (χ2n) is 5.01. The molecule has 0 aliphatic heterocycles. The number of esters is 1. The maximum absolute atomic E-state index is 10.9. The van der Waals surface area contributed by atoms with Crippen molar-refractivity contribution < 1.29 is 9.53 Å². The molecule has 0 aromatic carbocycles. The molecule has 0 heterocycles. The molecule has 1 aliphatic rings. The smallest absolute Gasteiger partial charge is 0.320 e. The Balaban J connectivity index is 2.45. The van der Waals surface area contributed by atoms with Crippen molar-refractivity contribution in [2.24, 2.45) is 17.3 Å². The zero-order chi connectivity index (χ0) is 11.6. The first kappa shape index (κ1) is 12.6. The van der Waals surface area contributed by atoms with Gasteiger partial charge in [0.15, 0.2) is 0 Å². The third-order valence-corrected chi connectivity index (χ3v) is 3.40. The third kappa shape index (κ3) is 2.97. The monoisotopic (exact) mass is 230 g/mol. The van der Waals surface area contributed by atoms with E-state index in [1.54, 1.807) is 0 Å². The van der Waals surface area contributed by atoms with E-state index in [4.69, 9.17) is 16.3 Å². The molecule has 0 bridgehead atoms. The van der Waals surface area contributed by atoms with Crippen LogP contribution in [0.25, 0.3) is 0 Å². The zero-order valence-electron chi connectivity index (χ0n) is 9.84. The van der Waals surface area contributed by atoms with E-state index < -0.39 is 0 Å². The first-order chi connectivity index (χ1) is 6.89. The van der Waals surface area contributed by atoms with Crippen LogP contribution in [-0.2, 0) is 9.53 Å². The van der Waals surface area contributed by atoms with E-state index in [0.717, 1.165) is 0 Å². The predicted molar refractivity (Wildman–Crippen MR) is 61.9 cm³/mol. The minimum absolute atomic E-state index is 0.0551. The van der Waals surface area contributed by atoms with Gasteiger partial charge in [-0.05, 0) is 25.2 Å². The molecule has 15 heavy (non-hydrogen) atoms. The Morgan fingerprint density at radius 3 is 2.53 bits per heavy atom. The number of rotatable bonds is 4. The van der Waals surface area contributed by atoms with Gasteiger partial charge in [0.1, 0.15) is 5.88 Å². The van der Waals surface area contributed by atoms with E-state index in [1.807, 2.05) is 0 Å². The molecular formula is C12H19ClO2. The van der Waals surface area contributed by atoms with E-state index in [9.17, 15) is 4.79 Å². The van der Waals surface area contributed by atoms with Gasteiger partial charge in [-0.2, -0.15) is 0 Å². The molecule has 0 unspecified atom stereocenters. The average molecular weight is 231 g/mol. The second-order valence-corrected chi connectivity index (χ2v) is 5.28. The van der Waals surface area contributed by atoms with Crippen molar-refractivity contribution in [1.82, 2.24) is 0 Å². The standard InChI is InChI=1S/C12H19ClO2/c1-8(2)5-9-10(12(9,3)4)7-15-11(14)6-13/h5,9-10H,6-7H2,1-4H3/t9-,10+/m0/s1. The highest BCUT2D eigenvalue weighted by Gasteiger charge is 2.56. The van der Waals surface area contributed by atoms with Crippen LogP contribution < -0.4 is 0 Å². The Morgan fingerprint density at radius 1 is 1.47 bits per heavy atom. The van der Waals surface area contributed by atoms with Gasteiger partial charge < -0.3 is 4.74 Å². The largest absolute Gasteiger partial charge is 0.464 e.